The lowest BCUT2D eigenvalue weighted by molar-refractivity contribution is 0.309. The fourth-order valence-corrected chi connectivity index (χ4v) is 0.983. The van der Waals surface area contributed by atoms with Gasteiger partial charge in [-0.25, -0.2) is 0 Å². The Bertz CT molecular complexity index is 230. The minimum Gasteiger partial charge on any atom is -0.494 e. The lowest BCUT2D eigenvalue weighted by Gasteiger charge is -2.04. The molecular formula is C11H15O. The number of hydrogen-bond donors (Lipinski definition) is 0. The van der Waals surface area contributed by atoms with E-state index >= 15 is 0 Å². The molecule has 0 fully saturated rings. The molecule has 0 amide bonds. The molecule has 0 saturated carbocycles. The normalized spacial score (nSPS) is 9.83. The highest BCUT2D eigenvalue weighted by atomic mass is 16.5. The predicted octanol–water partition coefficient (Wildman–Crippen LogP) is 2.97. The minimum atomic E-state index is 0.819. The van der Waals surface area contributed by atoms with Crippen molar-refractivity contribution in [2.24, 2.45) is 0 Å². The zero-order chi connectivity index (χ0) is 8.81. The van der Waals surface area contributed by atoms with Gasteiger partial charge >= 0.3 is 0 Å². The van der Waals surface area contributed by atoms with Crippen LogP contribution >= 0.6 is 0 Å². The van der Waals surface area contributed by atoms with E-state index in [1.807, 2.05) is 25.1 Å². The summed E-state index contributed by atoms with van der Waals surface area (Å²) in [5.41, 5.74) is 1.13. The highest BCUT2D eigenvalue weighted by molar-refractivity contribution is 5.26. The van der Waals surface area contributed by atoms with Crippen LogP contribution in [0.5, 0.6) is 5.75 Å². The maximum atomic E-state index is 5.51. The summed E-state index contributed by atoms with van der Waals surface area (Å²) >= 11 is 0. The van der Waals surface area contributed by atoms with Crippen molar-refractivity contribution < 1.29 is 4.74 Å². The summed E-state index contributed by atoms with van der Waals surface area (Å²) in [5, 5.41) is 0. The summed E-state index contributed by atoms with van der Waals surface area (Å²) in [6, 6.07) is 8.94. The second kappa shape index (κ2) is 4.81. The number of rotatable bonds is 4. The van der Waals surface area contributed by atoms with Gasteiger partial charge in [-0.2, -0.15) is 0 Å². The number of aryl methyl sites for hydroxylation is 1. The van der Waals surface area contributed by atoms with Crippen LogP contribution in [0.4, 0.5) is 0 Å². The highest BCUT2D eigenvalue weighted by Crippen LogP contribution is 2.11. The molecule has 0 saturated heterocycles. The molecule has 0 aromatic heterocycles. The average Bonchev–Trinajstić information content (AvgIpc) is 2.05. The number of ether oxygens (including phenoxy) is 1. The summed E-state index contributed by atoms with van der Waals surface area (Å²) in [4.78, 5) is 0. The van der Waals surface area contributed by atoms with E-state index in [0.717, 1.165) is 24.3 Å². The molecule has 0 bridgehead atoms. The average molecular weight is 163 g/mol. The molecule has 0 N–H and O–H groups in total. The molecule has 0 aliphatic carbocycles. The lowest BCUT2D eigenvalue weighted by Crippen LogP contribution is -1.96. The predicted molar refractivity (Wildman–Crippen MR) is 50.4 cm³/mol. The molecule has 0 unspecified atom stereocenters. The van der Waals surface area contributed by atoms with Gasteiger partial charge in [-0.3, -0.25) is 0 Å². The standard InChI is InChI=1S/C11H15O/c1-3-4-8-12-11-7-5-6-10(2)9-11/h5,7,9H,3-4,8H2,1-2H3. The summed E-state index contributed by atoms with van der Waals surface area (Å²) in [5.74, 6) is 0.958. The molecule has 0 spiro atoms. The van der Waals surface area contributed by atoms with Gasteiger partial charge in [0, 0.05) is 0 Å². The summed E-state index contributed by atoms with van der Waals surface area (Å²) in [6.45, 7) is 5.00. The Hall–Kier alpha value is -0.980. The molecule has 1 rings (SSSR count). The quantitative estimate of drug-likeness (QED) is 0.620. The van der Waals surface area contributed by atoms with Crippen LogP contribution < -0.4 is 4.74 Å². The Balaban J connectivity index is 2.41. The van der Waals surface area contributed by atoms with Crippen molar-refractivity contribution in [2.45, 2.75) is 26.7 Å². The molecule has 1 radical (unpaired) electrons. The van der Waals surface area contributed by atoms with Crippen molar-refractivity contribution in [3.05, 3.63) is 29.8 Å². The van der Waals surface area contributed by atoms with Gasteiger partial charge in [0.1, 0.15) is 5.75 Å². The maximum Gasteiger partial charge on any atom is 0.119 e. The first-order valence-electron chi connectivity index (χ1n) is 4.44. The number of unbranched alkanes of at least 4 members (excludes halogenated alkanes) is 1. The largest absolute Gasteiger partial charge is 0.494 e. The van der Waals surface area contributed by atoms with E-state index in [4.69, 9.17) is 4.74 Å². The monoisotopic (exact) mass is 163 g/mol. The highest BCUT2D eigenvalue weighted by Gasteiger charge is 1.92. The zero-order valence-electron chi connectivity index (χ0n) is 7.76. The van der Waals surface area contributed by atoms with Crippen molar-refractivity contribution in [1.82, 2.24) is 0 Å². The minimum absolute atomic E-state index is 0.819. The van der Waals surface area contributed by atoms with E-state index in [1.54, 1.807) is 0 Å². The SMILES string of the molecule is CCCCOc1cc[c]c(C)c1. The van der Waals surface area contributed by atoms with Crippen LogP contribution in [0.3, 0.4) is 0 Å². The third-order valence-electron chi connectivity index (χ3n) is 1.68. The second-order valence-electron chi connectivity index (χ2n) is 2.91. The van der Waals surface area contributed by atoms with Gasteiger partial charge in [-0.15, -0.1) is 0 Å². The van der Waals surface area contributed by atoms with Crippen LogP contribution in [0.1, 0.15) is 25.3 Å². The van der Waals surface area contributed by atoms with Gasteiger partial charge < -0.3 is 4.74 Å². The van der Waals surface area contributed by atoms with E-state index in [0.29, 0.717) is 0 Å². The van der Waals surface area contributed by atoms with Gasteiger partial charge in [-0.1, -0.05) is 19.4 Å². The van der Waals surface area contributed by atoms with Gasteiger partial charge in [0.15, 0.2) is 0 Å². The molecule has 0 heterocycles. The summed E-state index contributed by atoms with van der Waals surface area (Å²) < 4.78 is 5.51. The molecule has 0 aliphatic heterocycles. The van der Waals surface area contributed by atoms with E-state index in [9.17, 15) is 0 Å². The smallest absolute Gasteiger partial charge is 0.119 e. The molecule has 65 valence electrons. The molecule has 0 atom stereocenters. The Kier molecular flexibility index (Phi) is 3.65. The van der Waals surface area contributed by atoms with Crippen LogP contribution in [0.2, 0.25) is 0 Å². The van der Waals surface area contributed by atoms with E-state index in [1.165, 1.54) is 6.42 Å². The summed E-state index contributed by atoms with van der Waals surface area (Å²) in [7, 11) is 0. The number of hydrogen-bond acceptors (Lipinski definition) is 1. The first kappa shape index (κ1) is 9.11. The molecule has 1 aromatic rings. The fourth-order valence-electron chi connectivity index (χ4n) is 0.983. The molecule has 1 nitrogen and oxygen atoms in total. The van der Waals surface area contributed by atoms with Crippen molar-refractivity contribution in [2.75, 3.05) is 6.61 Å². The van der Waals surface area contributed by atoms with Crippen LogP contribution in [0.15, 0.2) is 18.2 Å². The van der Waals surface area contributed by atoms with Crippen molar-refractivity contribution in [3.63, 3.8) is 0 Å². The molecule has 1 heteroatoms. The second-order valence-corrected chi connectivity index (χ2v) is 2.91. The molecule has 0 aliphatic rings. The third kappa shape index (κ3) is 2.95. The molecular weight excluding hydrogens is 148 g/mol. The summed E-state index contributed by atoms with van der Waals surface area (Å²) in [6.07, 6.45) is 2.30. The lowest BCUT2D eigenvalue weighted by atomic mass is 10.2. The Morgan fingerprint density at radius 1 is 1.50 bits per heavy atom. The van der Waals surface area contributed by atoms with Crippen LogP contribution in [0.25, 0.3) is 0 Å². The number of benzene rings is 1. The van der Waals surface area contributed by atoms with Crippen LogP contribution in [0, 0.1) is 13.0 Å². The van der Waals surface area contributed by atoms with Crippen molar-refractivity contribution in [3.8, 4) is 5.75 Å². The molecule has 12 heavy (non-hydrogen) atoms. The Labute approximate surface area is 74.4 Å². The van der Waals surface area contributed by atoms with Crippen molar-refractivity contribution >= 4 is 0 Å². The first-order chi connectivity index (χ1) is 5.83. The van der Waals surface area contributed by atoms with E-state index in [2.05, 4.69) is 13.0 Å². The Morgan fingerprint density at radius 2 is 2.33 bits per heavy atom. The first-order valence-corrected chi connectivity index (χ1v) is 4.44. The van der Waals surface area contributed by atoms with Gasteiger partial charge in [0.25, 0.3) is 0 Å². The van der Waals surface area contributed by atoms with Crippen LogP contribution in [-0.2, 0) is 0 Å². The topological polar surface area (TPSA) is 9.23 Å². The Morgan fingerprint density at radius 3 is 3.00 bits per heavy atom. The van der Waals surface area contributed by atoms with Gasteiger partial charge in [-0.05, 0) is 37.1 Å². The van der Waals surface area contributed by atoms with E-state index < -0.39 is 0 Å². The third-order valence-corrected chi connectivity index (χ3v) is 1.68. The maximum absolute atomic E-state index is 5.51. The molecule has 1 aromatic carbocycles. The zero-order valence-corrected chi connectivity index (χ0v) is 7.76. The van der Waals surface area contributed by atoms with Gasteiger partial charge in [0.05, 0.1) is 6.61 Å². The van der Waals surface area contributed by atoms with E-state index in [-0.39, 0.29) is 0 Å². The van der Waals surface area contributed by atoms with Gasteiger partial charge in [0.2, 0.25) is 0 Å². The fraction of sp³-hybridized carbons (Fsp3) is 0.455. The van der Waals surface area contributed by atoms with Crippen LogP contribution in [-0.4, -0.2) is 6.61 Å². The van der Waals surface area contributed by atoms with Crippen molar-refractivity contribution in [1.29, 1.82) is 0 Å².